The number of thioether (sulfide) groups is 1. The number of hydrogen-bond donors (Lipinski definition) is 1. The van der Waals surface area contributed by atoms with Crippen molar-refractivity contribution < 1.29 is 4.79 Å². The summed E-state index contributed by atoms with van der Waals surface area (Å²) >= 11 is 1.39. The zero-order valence-corrected chi connectivity index (χ0v) is 17.5. The van der Waals surface area contributed by atoms with Gasteiger partial charge in [-0.1, -0.05) is 36.4 Å². The Morgan fingerprint density at radius 2 is 1.93 bits per heavy atom. The summed E-state index contributed by atoms with van der Waals surface area (Å²) in [6.45, 7) is 8.20. The Morgan fingerprint density at radius 1 is 1.18 bits per heavy atom. The van der Waals surface area contributed by atoms with Gasteiger partial charge in [0.25, 0.3) is 0 Å². The molecular weight excluding hydrogens is 370 g/mol. The fourth-order valence-corrected chi connectivity index (χ4v) is 3.63. The summed E-state index contributed by atoms with van der Waals surface area (Å²) in [5.41, 5.74) is 4.26. The Labute approximate surface area is 169 Å². The van der Waals surface area contributed by atoms with Crippen LogP contribution < -0.4 is 5.32 Å². The predicted octanol–water partition coefficient (Wildman–Crippen LogP) is 3.95. The first-order valence-corrected chi connectivity index (χ1v) is 10.3. The Hall–Kier alpha value is -2.67. The van der Waals surface area contributed by atoms with Gasteiger partial charge in [0.2, 0.25) is 5.91 Å². The second-order valence-electron chi connectivity index (χ2n) is 6.83. The summed E-state index contributed by atoms with van der Waals surface area (Å²) in [5, 5.41) is 12.5. The molecule has 0 aliphatic heterocycles. The van der Waals surface area contributed by atoms with Crippen LogP contribution in [0.1, 0.15) is 31.4 Å². The van der Waals surface area contributed by atoms with E-state index in [1.807, 2.05) is 23.6 Å². The van der Waals surface area contributed by atoms with Crippen LogP contribution in [0.15, 0.2) is 47.9 Å². The van der Waals surface area contributed by atoms with Gasteiger partial charge >= 0.3 is 0 Å². The van der Waals surface area contributed by atoms with Crippen molar-refractivity contribution in [2.24, 2.45) is 0 Å². The van der Waals surface area contributed by atoms with Crippen LogP contribution in [0.4, 0.5) is 0 Å². The Bertz CT molecular complexity index is 955. The van der Waals surface area contributed by atoms with Crippen molar-refractivity contribution in [3.05, 3.63) is 53.9 Å². The van der Waals surface area contributed by atoms with Crippen LogP contribution in [0, 0.1) is 13.8 Å². The van der Waals surface area contributed by atoms with Gasteiger partial charge in [-0.25, -0.2) is 0 Å². The third-order valence-electron chi connectivity index (χ3n) is 4.52. The minimum atomic E-state index is -0.0000100. The Balaban J connectivity index is 1.97. The highest BCUT2D eigenvalue weighted by Gasteiger charge is 2.19. The first kappa shape index (κ1) is 20.1. The average molecular weight is 396 g/mol. The lowest BCUT2D eigenvalue weighted by Gasteiger charge is -2.14. The van der Waals surface area contributed by atoms with Gasteiger partial charge in [-0.3, -0.25) is 14.3 Å². The molecule has 0 radical (unpaired) electrons. The van der Waals surface area contributed by atoms with Crippen LogP contribution in [0.25, 0.3) is 17.1 Å². The van der Waals surface area contributed by atoms with E-state index in [9.17, 15) is 4.79 Å². The number of aryl methyl sites for hydroxylation is 2. The molecule has 0 unspecified atom stereocenters. The number of nitrogens with one attached hydrogen (secondary N) is 1. The number of aromatic nitrogens is 4. The SMILES string of the molecule is CC[C@H](C)NC(=O)CSc1nnc(-c2ccncc2)n1-c1ccc(C)cc1C. The van der Waals surface area contributed by atoms with Crippen molar-refractivity contribution in [2.75, 3.05) is 5.75 Å². The van der Waals surface area contributed by atoms with Gasteiger partial charge in [0, 0.05) is 24.0 Å². The first-order valence-electron chi connectivity index (χ1n) is 9.35. The summed E-state index contributed by atoms with van der Waals surface area (Å²) in [4.78, 5) is 16.3. The van der Waals surface area contributed by atoms with E-state index in [-0.39, 0.29) is 11.9 Å². The molecule has 0 aliphatic carbocycles. The maximum absolute atomic E-state index is 12.2. The van der Waals surface area contributed by atoms with Crippen molar-refractivity contribution in [1.29, 1.82) is 0 Å². The van der Waals surface area contributed by atoms with E-state index in [1.165, 1.54) is 17.3 Å². The molecule has 6 nitrogen and oxygen atoms in total. The van der Waals surface area contributed by atoms with E-state index in [4.69, 9.17) is 0 Å². The maximum atomic E-state index is 12.2. The molecule has 0 aliphatic rings. The van der Waals surface area contributed by atoms with Crippen molar-refractivity contribution in [3.8, 4) is 17.1 Å². The van der Waals surface area contributed by atoms with Gasteiger partial charge in [-0.05, 0) is 51.0 Å². The summed E-state index contributed by atoms with van der Waals surface area (Å²) < 4.78 is 2.02. The second-order valence-corrected chi connectivity index (χ2v) is 7.78. The predicted molar refractivity (Wildman–Crippen MR) is 113 cm³/mol. The van der Waals surface area contributed by atoms with Gasteiger partial charge in [-0.15, -0.1) is 10.2 Å². The molecule has 3 rings (SSSR count). The van der Waals surface area contributed by atoms with E-state index in [0.717, 1.165) is 29.1 Å². The number of nitrogens with zero attached hydrogens (tertiary/aromatic N) is 4. The molecule has 2 aromatic heterocycles. The molecule has 0 saturated heterocycles. The minimum absolute atomic E-state index is 0.0000100. The topological polar surface area (TPSA) is 72.7 Å². The zero-order chi connectivity index (χ0) is 20.1. The second kappa shape index (κ2) is 9.01. The first-order chi connectivity index (χ1) is 13.5. The highest BCUT2D eigenvalue weighted by molar-refractivity contribution is 7.99. The van der Waals surface area contributed by atoms with E-state index >= 15 is 0 Å². The lowest BCUT2D eigenvalue weighted by molar-refractivity contribution is -0.119. The average Bonchev–Trinajstić information content (AvgIpc) is 3.10. The number of pyridine rings is 1. The molecule has 2 heterocycles. The molecule has 0 spiro atoms. The van der Waals surface area contributed by atoms with E-state index in [1.54, 1.807) is 12.4 Å². The van der Waals surface area contributed by atoms with Crippen LogP contribution in [-0.4, -0.2) is 37.5 Å². The molecule has 146 valence electrons. The largest absolute Gasteiger partial charge is 0.353 e. The number of rotatable bonds is 7. The number of benzene rings is 1. The summed E-state index contributed by atoms with van der Waals surface area (Å²) in [6.07, 6.45) is 4.38. The highest BCUT2D eigenvalue weighted by atomic mass is 32.2. The van der Waals surface area contributed by atoms with Crippen molar-refractivity contribution >= 4 is 17.7 Å². The highest BCUT2D eigenvalue weighted by Crippen LogP contribution is 2.29. The standard InChI is InChI=1S/C21H25N5OS/c1-5-16(4)23-19(27)13-28-21-25-24-20(17-8-10-22-11-9-17)26(21)18-7-6-14(2)12-15(18)3/h6-12,16H,5,13H2,1-4H3,(H,23,27)/t16-/m0/s1. The fraction of sp³-hybridized carbons (Fsp3) is 0.333. The molecule has 3 aromatic rings. The van der Waals surface area contributed by atoms with Gasteiger partial charge in [0.1, 0.15) is 0 Å². The molecule has 7 heteroatoms. The zero-order valence-electron chi connectivity index (χ0n) is 16.6. The van der Waals surface area contributed by atoms with Crippen LogP contribution >= 0.6 is 11.8 Å². The van der Waals surface area contributed by atoms with Gasteiger partial charge in [0.15, 0.2) is 11.0 Å². The Kier molecular flexibility index (Phi) is 6.46. The lowest BCUT2D eigenvalue weighted by atomic mass is 10.1. The van der Waals surface area contributed by atoms with Gasteiger partial charge < -0.3 is 5.32 Å². The monoisotopic (exact) mass is 395 g/mol. The van der Waals surface area contributed by atoms with Crippen molar-refractivity contribution in [2.45, 2.75) is 45.3 Å². The number of hydrogen-bond acceptors (Lipinski definition) is 5. The normalized spacial score (nSPS) is 12.0. The van der Waals surface area contributed by atoms with E-state index < -0.39 is 0 Å². The molecule has 0 saturated carbocycles. The maximum Gasteiger partial charge on any atom is 0.230 e. The van der Waals surface area contributed by atoms with Crippen LogP contribution in [0.3, 0.4) is 0 Å². The van der Waals surface area contributed by atoms with Gasteiger partial charge in [-0.2, -0.15) is 0 Å². The van der Waals surface area contributed by atoms with E-state index in [0.29, 0.717) is 10.9 Å². The summed E-state index contributed by atoms with van der Waals surface area (Å²) in [6, 6.07) is 10.3. The molecule has 1 atom stereocenters. The quantitative estimate of drug-likeness (QED) is 0.613. The number of amides is 1. The third-order valence-corrected chi connectivity index (χ3v) is 5.45. The third kappa shape index (κ3) is 4.59. The van der Waals surface area contributed by atoms with Gasteiger partial charge in [0.05, 0.1) is 11.4 Å². The Morgan fingerprint density at radius 3 is 2.61 bits per heavy atom. The molecule has 1 aromatic carbocycles. The summed E-state index contributed by atoms with van der Waals surface area (Å²) in [5.74, 6) is 1.03. The molecular formula is C21H25N5OS. The molecule has 0 bridgehead atoms. The molecule has 28 heavy (non-hydrogen) atoms. The lowest BCUT2D eigenvalue weighted by Crippen LogP contribution is -2.33. The molecule has 1 amide bonds. The number of carbonyl (C=O) groups is 1. The van der Waals surface area contributed by atoms with Crippen LogP contribution in [0.2, 0.25) is 0 Å². The summed E-state index contributed by atoms with van der Waals surface area (Å²) in [7, 11) is 0. The molecule has 0 fully saturated rings. The minimum Gasteiger partial charge on any atom is -0.353 e. The molecule has 1 N–H and O–H groups in total. The van der Waals surface area contributed by atoms with Crippen molar-refractivity contribution in [3.63, 3.8) is 0 Å². The van der Waals surface area contributed by atoms with Crippen LogP contribution in [-0.2, 0) is 4.79 Å². The smallest absolute Gasteiger partial charge is 0.230 e. The van der Waals surface area contributed by atoms with Crippen molar-refractivity contribution in [1.82, 2.24) is 25.1 Å². The van der Waals surface area contributed by atoms with E-state index in [2.05, 4.69) is 59.5 Å². The number of carbonyl (C=O) groups excluding carboxylic acids is 1. The fourth-order valence-electron chi connectivity index (χ4n) is 2.87. The van der Waals surface area contributed by atoms with Crippen LogP contribution in [0.5, 0.6) is 0 Å².